The zero-order valence-corrected chi connectivity index (χ0v) is 10.9. The molecular weight excluding hydrogens is 198 g/mol. The predicted octanol–water partition coefficient (Wildman–Crippen LogP) is 2.14. The standard InChI is InChI=1S/C13H25N3/c1-4-13(5-2)16(3)9-8-12(10-14)15-11-6-7-11/h11-13,15H,4-9H2,1-3H3. The lowest BCUT2D eigenvalue weighted by Crippen LogP contribution is -2.37. The van der Waals surface area contributed by atoms with Gasteiger partial charge in [0, 0.05) is 18.6 Å². The van der Waals surface area contributed by atoms with E-state index in [0.717, 1.165) is 13.0 Å². The van der Waals surface area contributed by atoms with Crippen LogP contribution in [-0.4, -0.2) is 36.6 Å². The molecule has 0 heterocycles. The maximum atomic E-state index is 9.04. The van der Waals surface area contributed by atoms with Gasteiger partial charge >= 0.3 is 0 Å². The molecule has 0 aromatic heterocycles. The van der Waals surface area contributed by atoms with Gasteiger partial charge in [-0.3, -0.25) is 5.32 Å². The van der Waals surface area contributed by atoms with Crippen molar-refractivity contribution in [1.29, 1.82) is 5.26 Å². The third-order valence-electron chi connectivity index (χ3n) is 3.51. The maximum Gasteiger partial charge on any atom is 0.0967 e. The molecule has 0 amide bonds. The molecule has 0 spiro atoms. The number of hydrogen-bond acceptors (Lipinski definition) is 3. The van der Waals surface area contributed by atoms with E-state index in [1.165, 1.54) is 25.7 Å². The van der Waals surface area contributed by atoms with Crippen LogP contribution in [0.5, 0.6) is 0 Å². The molecule has 1 rings (SSSR count). The molecule has 92 valence electrons. The van der Waals surface area contributed by atoms with Gasteiger partial charge in [0.1, 0.15) is 0 Å². The summed E-state index contributed by atoms with van der Waals surface area (Å²) in [6, 6.07) is 3.71. The van der Waals surface area contributed by atoms with Gasteiger partial charge in [-0.25, -0.2) is 0 Å². The molecule has 16 heavy (non-hydrogen) atoms. The lowest BCUT2D eigenvalue weighted by Gasteiger charge is -2.26. The van der Waals surface area contributed by atoms with E-state index in [9.17, 15) is 0 Å². The van der Waals surface area contributed by atoms with E-state index < -0.39 is 0 Å². The van der Waals surface area contributed by atoms with Crippen LogP contribution in [0.3, 0.4) is 0 Å². The number of rotatable bonds is 8. The van der Waals surface area contributed by atoms with E-state index >= 15 is 0 Å². The van der Waals surface area contributed by atoms with Crippen LogP contribution in [0.25, 0.3) is 0 Å². The highest BCUT2D eigenvalue weighted by Gasteiger charge is 2.24. The van der Waals surface area contributed by atoms with Crippen LogP contribution in [0.1, 0.15) is 46.0 Å². The van der Waals surface area contributed by atoms with Crippen LogP contribution in [0.4, 0.5) is 0 Å². The quantitative estimate of drug-likeness (QED) is 0.685. The summed E-state index contributed by atoms with van der Waals surface area (Å²) in [4.78, 5) is 2.39. The largest absolute Gasteiger partial charge is 0.303 e. The van der Waals surface area contributed by atoms with E-state index in [0.29, 0.717) is 12.1 Å². The molecule has 1 unspecified atom stereocenters. The molecule has 1 N–H and O–H groups in total. The molecule has 1 fully saturated rings. The number of nitriles is 1. The Hall–Kier alpha value is -0.590. The molecule has 0 aromatic carbocycles. The van der Waals surface area contributed by atoms with Gasteiger partial charge in [0.15, 0.2) is 0 Å². The van der Waals surface area contributed by atoms with E-state index in [4.69, 9.17) is 5.26 Å². The SMILES string of the molecule is CCC(CC)N(C)CCC(C#N)NC1CC1. The predicted molar refractivity (Wildman–Crippen MR) is 67.2 cm³/mol. The third kappa shape index (κ3) is 4.51. The van der Waals surface area contributed by atoms with Gasteiger partial charge in [0.25, 0.3) is 0 Å². The highest BCUT2D eigenvalue weighted by molar-refractivity contribution is 4.96. The van der Waals surface area contributed by atoms with Crippen molar-refractivity contribution in [3.05, 3.63) is 0 Å². The summed E-state index contributed by atoms with van der Waals surface area (Å²) in [5.41, 5.74) is 0. The summed E-state index contributed by atoms with van der Waals surface area (Å²) in [5.74, 6) is 0. The molecular formula is C13H25N3. The van der Waals surface area contributed by atoms with Crippen LogP contribution >= 0.6 is 0 Å². The molecule has 1 aliphatic rings. The minimum Gasteiger partial charge on any atom is -0.303 e. The summed E-state index contributed by atoms with van der Waals surface area (Å²) in [5, 5.41) is 12.4. The molecule has 0 aliphatic heterocycles. The first-order chi connectivity index (χ1) is 7.71. The van der Waals surface area contributed by atoms with Gasteiger partial charge in [-0.15, -0.1) is 0 Å². The van der Waals surface area contributed by atoms with Crippen LogP contribution in [0.2, 0.25) is 0 Å². The minimum absolute atomic E-state index is 0.0457. The van der Waals surface area contributed by atoms with Crippen molar-refractivity contribution in [2.75, 3.05) is 13.6 Å². The van der Waals surface area contributed by atoms with Crippen molar-refractivity contribution < 1.29 is 0 Å². The Bertz CT molecular complexity index is 226. The number of nitrogens with one attached hydrogen (secondary N) is 1. The zero-order chi connectivity index (χ0) is 12.0. The van der Waals surface area contributed by atoms with Crippen molar-refractivity contribution in [1.82, 2.24) is 10.2 Å². The van der Waals surface area contributed by atoms with Gasteiger partial charge in [-0.2, -0.15) is 5.26 Å². The number of hydrogen-bond donors (Lipinski definition) is 1. The fourth-order valence-corrected chi connectivity index (χ4v) is 2.15. The highest BCUT2D eigenvalue weighted by atomic mass is 15.1. The smallest absolute Gasteiger partial charge is 0.0967 e. The molecule has 0 bridgehead atoms. The summed E-state index contributed by atoms with van der Waals surface area (Å²) >= 11 is 0. The Morgan fingerprint density at radius 2 is 2.00 bits per heavy atom. The first-order valence-corrected chi connectivity index (χ1v) is 6.57. The molecule has 3 heteroatoms. The zero-order valence-electron chi connectivity index (χ0n) is 10.9. The second-order valence-corrected chi connectivity index (χ2v) is 4.86. The Morgan fingerprint density at radius 3 is 2.44 bits per heavy atom. The molecule has 0 saturated heterocycles. The summed E-state index contributed by atoms with van der Waals surface area (Å²) in [6.07, 6.45) is 5.83. The number of nitrogens with zero attached hydrogens (tertiary/aromatic N) is 2. The average Bonchev–Trinajstić information content (AvgIpc) is 3.09. The van der Waals surface area contributed by atoms with Crippen molar-refractivity contribution in [3.63, 3.8) is 0 Å². The lowest BCUT2D eigenvalue weighted by atomic mass is 10.1. The molecule has 1 saturated carbocycles. The van der Waals surface area contributed by atoms with Crippen LogP contribution < -0.4 is 5.32 Å². The molecule has 1 aliphatic carbocycles. The maximum absolute atomic E-state index is 9.04. The second-order valence-electron chi connectivity index (χ2n) is 4.86. The van der Waals surface area contributed by atoms with Crippen LogP contribution in [-0.2, 0) is 0 Å². The normalized spacial score (nSPS) is 17.8. The molecule has 0 radical (unpaired) electrons. The fraction of sp³-hybridized carbons (Fsp3) is 0.923. The summed E-state index contributed by atoms with van der Waals surface area (Å²) < 4.78 is 0. The Morgan fingerprint density at radius 1 is 1.38 bits per heavy atom. The first kappa shape index (κ1) is 13.5. The topological polar surface area (TPSA) is 39.1 Å². The van der Waals surface area contributed by atoms with E-state index in [-0.39, 0.29) is 6.04 Å². The molecule has 1 atom stereocenters. The van der Waals surface area contributed by atoms with Crippen molar-refractivity contribution in [2.45, 2.75) is 64.1 Å². The Kier molecular flexibility index (Phi) is 5.79. The minimum atomic E-state index is 0.0457. The van der Waals surface area contributed by atoms with E-state index in [2.05, 4.69) is 37.2 Å². The Balaban J connectivity index is 2.22. The van der Waals surface area contributed by atoms with Crippen LogP contribution in [0, 0.1) is 11.3 Å². The first-order valence-electron chi connectivity index (χ1n) is 6.57. The van der Waals surface area contributed by atoms with Crippen LogP contribution in [0.15, 0.2) is 0 Å². The lowest BCUT2D eigenvalue weighted by molar-refractivity contribution is 0.222. The fourth-order valence-electron chi connectivity index (χ4n) is 2.15. The summed E-state index contributed by atoms with van der Waals surface area (Å²) in [6.45, 7) is 5.48. The second kappa shape index (κ2) is 6.88. The van der Waals surface area contributed by atoms with Gasteiger partial charge in [-0.1, -0.05) is 13.8 Å². The van der Waals surface area contributed by atoms with Gasteiger partial charge in [0.2, 0.25) is 0 Å². The van der Waals surface area contributed by atoms with Crippen molar-refractivity contribution >= 4 is 0 Å². The molecule has 0 aromatic rings. The molecule has 3 nitrogen and oxygen atoms in total. The third-order valence-corrected chi connectivity index (χ3v) is 3.51. The van der Waals surface area contributed by atoms with E-state index in [1.807, 2.05) is 0 Å². The van der Waals surface area contributed by atoms with Crippen molar-refractivity contribution in [3.8, 4) is 6.07 Å². The van der Waals surface area contributed by atoms with E-state index in [1.54, 1.807) is 0 Å². The van der Waals surface area contributed by atoms with Gasteiger partial charge in [-0.05, 0) is 39.2 Å². The van der Waals surface area contributed by atoms with Gasteiger partial charge in [0.05, 0.1) is 12.1 Å². The summed E-state index contributed by atoms with van der Waals surface area (Å²) in [7, 11) is 2.17. The van der Waals surface area contributed by atoms with Gasteiger partial charge < -0.3 is 4.90 Å². The highest BCUT2D eigenvalue weighted by Crippen LogP contribution is 2.20. The average molecular weight is 223 g/mol. The van der Waals surface area contributed by atoms with Crippen molar-refractivity contribution in [2.24, 2.45) is 0 Å². The Labute approximate surface area is 99.8 Å². The monoisotopic (exact) mass is 223 g/mol.